The number of hydrogen-bond acceptors (Lipinski definition) is 5. The summed E-state index contributed by atoms with van der Waals surface area (Å²) in [6.45, 7) is -0.525. The Labute approximate surface area is 115 Å². The lowest BCUT2D eigenvalue weighted by molar-refractivity contribution is -0.118. The Morgan fingerprint density at radius 1 is 1.40 bits per heavy atom. The van der Waals surface area contributed by atoms with Gasteiger partial charge in [0.1, 0.15) is 10.6 Å². The molecule has 0 saturated carbocycles. The van der Waals surface area contributed by atoms with E-state index < -0.39 is 28.4 Å². The number of nitrogens with two attached hydrogens (primary N) is 1. The molecule has 0 unspecified atom stereocenters. The van der Waals surface area contributed by atoms with E-state index in [2.05, 4.69) is 0 Å². The topological polar surface area (TPSA) is 127 Å². The summed E-state index contributed by atoms with van der Waals surface area (Å²) in [5.41, 5.74) is 4.74. The van der Waals surface area contributed by atoms with E-state index in [1.54, 1.807) is 0 Å². The van der Waals surface area contributed by atoms with Gasteiger partial charge in [-0.25, -0.2) is 13.2 Å². The number of methoxy groups -OCH3 is 1. The first-order valence-electron chi connectivity index (χ1n) is 5.36. The highest BCUT2D eigenvalue weighted by Gasteiger charge is 2.27. The van der Waals surface area contributed by atoms with Gasteiger partial charge in [-0.15, -0.1) is 0 Å². The number of carbonyl (C=O) groups is 2. The van der Waals surface area contributed by atoms with Gasteiger partial charge in [-0.05, 0) is 18.2 Å². The van der Waals surface area contributed by atoms with E-state index >= 15 is 0 Å². The molecule has 1 rings (SSSR count). The number of carbonyl (C=O) groups excluding carboxylic acids is 1. The van der Waals surface area contributed by atoms with Gasteiger partial charge in [-0.1, -0.05) is 0 Å². The number of carboxylic acid groups (broad SMARTS) is 1. The van der Waals surface area contributed by atoms with Gasteiger partial charge in [0.15, 0.2) is 0 Å². The smallest absolute Gasteiger partial charge is 0.335 e. The molecule has 9 heteroatoms. The first-order chi connectivity index (χ1) is 9.20. The molecular formula is C11H14N2O6S. The Bertz CT molecular complexity index is 640. The molecule has 1 amide bonds. The highest BCUT2D eigenvalue weighted by atomic mass is 32.2. The van der Waals surface area contributed by atoms with Crippen LogP contribution in [0.4, 0.5) is 0 Å². The maximum Gasteiger partial charge on any atom is 0.335 e. The number of benzene rings is 1. The molecule has 0 fully saturated rings. The van der Waals surface area contributed by atoms with E-state index in [9.17, 15) is 18.0 Å². The monoisotopic (exact) mass is 302 g/mol. The molecule has 0 aliphatic rings. The second-order valence-electron chi connectivity index (χ2n) is 3.90. The SMILES string of the molecule is COc1ccc(C(=O)O)cc1S(=O)(=O)N(C)CC(N)=O. The second-order valence-corrected chi connectivity index (χ2v) is 5.91. The molecule has 1 aromatic rings. The number of hydrogen-bond donors (Lipinski definition) is 2. The van der Waals surface area contributed by atoms with Crippen molar-refractivity contribution in [2.24, 2.45) is 5.73 Å². The lowest BCUT2D eigenvalue weighted by atomic mass is 10.2. The summed E-state index contributed by atoms with van der Waals surface area (Å²) >= 11 is 0. The molecule has 20 heavy (non-hydrogen) atoms. The highest BCUT2D eigenvalue weighted by molar-refractivity contribution is 7.89. The summed E-state index contributed by atoms with van der Waals surface area (Å²) in [7, 11) is -1.68. The molecule has 0 aliphatic heterocycles. The molecule has 110 valence electrons. The normalized spacial score (nSPS) is 11.3. The molecule has 0 radical (unpaired) electrons. The summed E-state index contributed by atoms with van der Waals surface area (Å²) in [4.78, 5) is 21.4. The Hall–Kier alpha value is -2.13. The first kappa shape index (κ1) is 15.9. The fraction of sp³-hybridized carbons (Fsp3) is 0.273. The van der Waals surface area contributed by atoms with Crippen LogP contribution in [0.15, 0.2) is 23.1 Å². The lowest BCUT2D eigenvalue weighted by Crippen LogP contribution is -2.35. The molecule has 0 saturated heterocycles. The molecule has 0 bridgehead atoms. The van der Waals surface area contributed by atoms with Gasteiger partial charge < -0.3 is 15.6 Å². The summed E-state index contributed by atoms with van der Waals surface area (Å²) in [6.07, 6.45) is 0. The predicted molar refractivity (Wildman–Crippen MR) is 69.0 cm³/mol. The van der Waals surface area contributed by atoms with Crippen LogP contribution in [0.5, 0.6) is 5.75 Å². The number of likely N-dealkylation sites (N-methyl/N-ethyl adjacent to an activating group) is 1. The Morgan fingerprint density at radius 2 is 2.00 bits per heavy atom. The number of amides is 1. The third-order valence-electron chi connectivity index (χ3n) is 2.48. The van der Waals surface area contributed by atoms with Crippen LogP contribution in [0.3, 0.4) is 0 Å². The third kappa shape index (κ3) is 3.25. The molecule has 0 aromatic heterocycles. The van der Waals surface area contributed by atoms with E-state index in [-0.39, 0.29) is 16.2 Å². The Kier molecular flexibility index (Phi) is 4.69. The number of primary amides is 1. The molecule has 3 N–H and O–H groups in total. The minimum absolute atomic E-state index is 0.0219. The molecule has 8 nitrogen and oxygen atoms in total. The van der Waals surface area contributed by atoms with Crippen molar-refractivity contribution in [1.82, 2.24) is 4.31 Å². The van der Waals surface area contributed by atoms with E-state index in [0.29, 0.717) is 0 Å². The van der Waals surface area contributed by atoms with Gasteiger partial charge in [-0.3, -0.25) is 4.79 Å². The zero-order chi connectivity index (χ0) is 15.5. The van der Waals surface area contributed by atoms with Gasteiger partial charge in [0.25, 0.3) is 0 Å². The van der Waals surface area contributed by atoms with Crippen LogP contribution in [0.2, 0.25) is 0 Å². The van der Waals surface area contributed by atoms with E-state index in [1.165, 1.54) is 19.2 Å². The molecule has 1 aromatic carbocycles. The standard InChI is InChI=1S/C11H14N2O6S/c1-13(6-10(12)14)20(17,18)9-5-7(11(15)16)3-4-8(9)19-2/h3-5H,6H2,1-2H3,(H2,12,14)(H,15,16). The molecule has 0 atom stereocenters. The van der Waals surface area contributed by atoms with Crippen molar-refractivity contribution in [2.45, 2.75) is 4.90 Å². The molecule has 0 spiro atoms. The van der Waals surface area contributed by atoms with Crippen molar-refractivity contribution in [3.8, 4) is 5.75 Å². The fourth-order valence-corrected chi connectivity index (χ4v) is 2.80. The summed E-state index contributed by atoms with van der Waals surface area (Å²) in [5.74, 6) is -2.13. The third-order valence-corrected chi connectivity index (χ3v) is 4.30. The number of rotatable bonds is 6. The quantitative estimate of drug-likeness (QED) is 0.729. The predicted octanol–water partition coefficient (Wildman–Crippen LogP) is -0.501. The molecular weight excluding hydrogens is 288 g/mol. The van der Waals surface area contributed by atoms with Gasteiger partial charge in [-0.2, -0.15) is 4.31 Å². The Morgan fingerprint density at radius 3 is 2.45 bits per heavy atom. The van der Waals surface area contributed by atoms with Crippen molar-refractivity contribution < 1.29 is 27.9 Å². The maximum atomic E-state index is 12.3. The van der Waals surface area contributed by atoms with Crippen LogP contribution < -0.4 is 10.5 Å². The van der Waals surface area contributed by atoms with Crippen LogP contribution in [0.25, 0.3) is 0 Å². The maximum absolute atomic E-state index is 12.3. The lowest BCUT2D eigenvalue weighted by Gasteiger charge is -2.17. The number of nitrogens with zero attached hydrogens (tertiary/aromatic N) is 1. The van der Waals surface area contributed by atoms with Crippen molar-refractivity contribution in [3.63, 3.8) is 0 Å². The van der Waals surface area contributed by atoms with Crippen LogP contribution in [-0.2, 0) is 14.8 Å². The Balaban J connectivity index is 3.38. The van der Waals surface area contributed by atoms with Crippen LogP contribution in [0, 0.1) is 0 Å². The van der Waals surface area contributed by atoms with Crippen LogP contribution >= 0.6 is 0 Å². The average molecular weight is 302 g/mol. The number of carboxylic acids is 1. The van der Waals surface area contributed by atoms with Crippen molar-refractivity contribution in [1.29, 1.82) is 0 Å². The van der Waals surface area contributed by atoms with Gasteiger partial charge in [0, 0.05) is 7.05 Å². The zero-order valence-corrected chi connectivity index (χ0v) is 11.7. The molecule has 0 aliphatic carbocycles. The van der Waals surface area contributed by atoms with Crippen LogP contribution in [-0.4, -0.2) is 50.4 Å². The zero-order valence-electron chi connectivity index (χ0n) is 10.9. The largest absolute Gasteiger partial charge is 0.495 e. The summed E-state index contributed by atoms with van der Waals surface area (Å²) < 4.78 is 30.2. The minimum atomic E-state index is -4.09. The van der Waals surface area contributed by atoms with Crippen molar-refractivity contribution in [3.05, 3.63) is 23.8 Å². The minimum Gasteiger partial charge on any atom is -0.495 e. The molecule has 0 heterocycles. The average Bonchev–Trinajstić information content (AvgIpc) is 2.36. The summed E-state index contributed by atoms with van der Waals surface area (Å²) in [6, 6.07) is 3.41. The van der Waals surface area contributed by atoms with Gasteiger partial charge in [0.05, 0.1) is 19.2 Å². The number of aromatic carboxylic acids is 1. The van der Waals surface area contributed by atoms with Crippen molar-refractivity contribution in [2.75, 3.05) is 20.7 Å². The second kappa shape index (κ2) is 5.88. The van der Waals surface area contributed by atoms with Gasteiger partial charge in [0.2, 0.25) is 15.9 Å². The summed E-state index contributed by atoms with van der Waals surface area (Å²) in [5, 5.41) is 8.90. The number of sulfonamides is 1. The first-order valence-corrected chi connectivity index (χ1v) is 6.80. The van der Waals surface area contributed by atoms with Gasteiger partial charge >= 0.3 is 5.97 Å². The van der Waals surface area contributed by atoms with E-state index in [0.717, 1.165) is 17.4 Å². The van der Waals surface area contributed by atoms with Crippen LogP contribution in [0.1, 0.15) is 10.4 Å². The number of ether oxygens (including phenoxy) is 1. The van der Waals surface area contributed by atoms with E-state index in [4.69, 9.17) is 15.6 Å². The van der Waals surface area contributed by atoms with Crippen molar-refractivity contribution >= 4 is 21.9 Å². The fourth-order valence-electron chi connectivity index (χ4n) is 1.48. The van der Waals surface area contributed by atoms with E-state index in [1.807, 2.05) is 0 Å². The highest BCUT2D eigenvalue weighted by Crippen LogP contribution is 2.27.